The minimum absolute atomic E-state index is 0.192. The number of halogens is 4. The fourth-order valence-electron chi connectivity index (χ4n) is 2.84. The molecule has 3 rings (SSSR count). The molecule has 0 radical (unpaired) electrons. The second-order valence-electron chi connectivity index (χ2n) is 6.19. The Hall–Kier alpha value is -2.69. The minimum Gasteiger partial charge on any atom is -0.469 e. The lowest BCUT2D eigenvalue weighted by molar-refractivity contribution is -0.385. The summed E-state index contributed by atoms with van der Waals surface area (Å²) in [6, 6.07) is 0.670. The van der Waals surface area contributed by atoms with Crippen LogP contribution in [0.2, 0.25) is 5.02 Å². The van der Waals surface area contributed by atoms with Crippen molar-refractivity contribution in [1.29, 1.82) is 0 Å². The zero-order chi connectivity index (χ0) is 20.3. The van der Waals surface area contributed by atoms with Gasteiger partial charge in [0.05, 0.1) is 15.5 Å². The van der Waals surface area contributed by atoms with E-state index in [2.05, 4.69) is 20.3 Å². The second kappa shape index (κ2) is 8.13. The number of hydrogen-bond acceptors (Lipinski definition) is 7. The third-order valence-corrected chi connectivity index (χ3v) is 4.50. The maximum absolute atomic E-state index is 12.7. The van der Waals surface area contributed by atoms with E-state index in [1.165, 1.54) is 0 Å². The molecule has 0 unspecified atom stereocenters. The molecule has 2 aromatic heterocycles. The van der Waals surface area contributed by atoms with Crippen LogP contribution >= 0.6 is 11.6 Å². The summed E-state index contributed by atoms with van der Waals surface area (Å²) in [4.78, 5) is 22.1. The summed E-state index contributed by atoms with van der Waals surface area (Å²) in [5.74, 6) is -0.697. The van der Waals surface area contributed by atoms with Crippen molar-refractivity contribution in [3.63, 3.8) is 0 Å². The summed E-state index contributed by atoms with van der Waals surface area (Å²) in [6.45, 7) is 0. The molecule has 1 aliphatic rings. The summed E-state index contributed by atoms with van der Waals surface area (Å²) in [6.07, 6.45) is 1.34. The van der Waals surface area contributed by atoms with Crippen molar-refractivity contribution >= 4 is 28.9 Å². The minimum atomic E-state index is -4.61. The number of aromatic nitrogens is 3. The lowest BCUT2D eigenvalue weighted by atomic mass is 9.98. The van der Waals surface area contributed by atoms with E-state index in [-0.39, 0.29) is 28.6 Å². The molecule has 28 heavy (non-hydrogen) atoms. The van der Waals surface area contributed by atoms with Crippen molar-refractivity contribution in [2.45, 2.75) is 44.4 Å². The van der Waals surface area contributed by atoms with E-state index in [0.717, 1.165) is 38.4 Å². The Kier molecular flexibility index (Phi) is 5.82. The van der Waals surface area contributed by atoms with E-state index < -0.39 is 22.4 Å². The molecule has 8 nitrogen and oxygen atoms in total. The molecule has 0 aromatic carbocycles. The van der Waals surface area contributed by atoms with Crippen molar-refractivity contribution in [1.82, 2.24) is 15.0 Å². The first-order valence-electron chi connectivity index (χ1n) is 8.41. The number of rotatable bonds is 5. The molecule has 0 amide bonds. The zero-order valence-electron chi connectivity index (χ0n) is 14.4. The smallest absolute Gasteiger partial charge is 0.417 e. The number of hydrogen-bond donors (Lipinski definition) is 1. The number of alkyl halides is 3. The molecule has 1 fully saturated rings. The molecule has 0 saturated heterocycles. The first-order chi connectivity index (χ1) is 13.3. The first-order valence-corrected chi connectivity index (χ1v) is 8.79. The van der Waals surface area contributed by atoms with Crippen molar-refractivity contribution in [2.75, 3.05) is 5.32 Å². The Bertz CT molecular complexity index is 875. The fourth-order valence-corrected chi connectivity index (χ4v) is 3.06. The molecular formula is C16H15ClF3N5O3. The van der Waals surface area contributed by atoms with Gasteiger partial charge < -0.3 is 10.1 Å². The third-order valence-electron chi connectivity index (χ3n) is 4.21. The standard InChI is InChI=1S/C16H15ClF3N5O3/c17-11-6-9(16(18,19)20)7-21-13(11)24-14-12(25(26)27)15(23-8-22-14)28-10-4-2-1-3-5-10/h6-8,10H,1-5H2,(H,21,22,23,24). The van der Waals surface area contributed by atoms with Gasteiger partial charge >= 0.3 is 11.9 Å². The average molecular weight is 418 g/mol. The van der Waals surface area contributed by atoms with Gasteiger partial charge in [-0.15, -0.1) is 0 Å². The highest BCUT2D eigenvalue weighted by Crippen LogP contribution is 2.37. The molecule has 0 spiro atoms. The topological polar surface area (TPSA) is 103 Å². The lowest BCUT2D eigenvalue weighted by Gasteiger charge is -2.22. The average Bonchev–Trinajstić information content (AvgIpc) is 2.63. The SMILES string of the molecule is O=[N+]([O-])c1c(Nc2ncc(C(F)(F)F)cc2Cl)ncnc1OC1CCCCC1. The predicted octanol–water partition coefficient (Wildman–Crippen LogP) is 4.91. The van der Waals surface area contributed by atoms with E-state index >= 15 is 0 Å². The molecule has 1 aliphatic carbocycles. The van der Waals surface area contributed by atoms with Crippen LogP contribution in [0.15, 0.2) is 18.6 Å². The number of nitrogens with one attached hydrogen (secondary N) is 1. The van der Waals surface area contributed by atoms with Crippen LogP contribution in [0.25, 0.3) is 0 Å². The molecule has 0 atom stereocenters. The summed E-state index contributed by atoms with van der Waals surface area (Å²) in [5.41, 5.74) is -1.58. The van der Waals surface area contributed by atoms with E-state index in [9.17, 15) is 23.3 Å². The van der Waals surface area contributed by atoms with E-state index in [4.69, 9.17) is 16.3 Å². The molecule has 150 valence electrons. The number of ether oxygens (including phenoxy) is 1. The predicted molar refractivity (Wildman–Crippen MR) is 93.7 cm³/mol. The maximum Gasteiger partial charge on any atom is 0.417 e. The Morgan fingerprint density at radius 2 is 1.89 bits per heavy atom. The Balaban J connectivity index is 1.89. The Labute approximate surface area is 162 Å². The molecule has 0 aliphatic heterocycles. The fraction of sp³-hybridized carbons (Fsp3) is 0.438. The van der Waals surface area contributed by atoms with Gasteiger partial charge in [0.2, 0.25) is 5.82 Å². The number of pyridine rings is 1. The van der Waals surface area contributed by atoms with Crippen molar-refractivity contribution in [2.24, 2.45) is 0 Å². The van der Waals surface area contributed by atoms with Gasteiger partial charge in [0.1, 0.15) is 12.4 Å². The summed E-state index contributed by atoms with van der Waals surface area (Å²) in [7, 11) is 0. The van der Waals surface area contributed by atoms with Crippen molar-refractivity contribution < 1.29 is 22.8 Å². The van der Waals surface area contributed by atoms with E-state index in [0.29, 0.717) is 12.3 Å². The quantitative estimate of drug-likeness (QED) is 0.544. The molecule has 2 aromatic rings. The van der Waals surface area contributed by atoms with E-state index in [1.807, 2.05) is 0 Å². The Morgan fingerprint density at radius 1 is 1.18 bits per heavy atom. The largest absolute Gasteiger partial charge is 0.469 e. The highest BCUT2D eigenvalue weighted by Gasteiger charge is 2.32. The Morgan fingerprint density at radius 3 is 2.50 bits per heavy atom. The van der Waals surface area contributed by atoms with Crippen molar-refractivity contribution in [3.8, 4) is 5.88 Å². The van der Waals surface area contributed by atoms with Gasteiger partial charge in [-0.3, -0.25) is 10.1 Å². The van der Waals surface area contributed by atoms with Gasteiger partial charge in [-0.25, -0.2) is 9.97 Å². The van der Waals surface area contributed by atoms with Crippen LogP contribution in [-0.4, -0.2) is 26.0 Å². The van der Waals surface area contributed by atoms with Gasteiger partial charge in [-0.2, -0.15) is 18.2 Å². The molecular weight excluding hydrogens is 403 g/mol. The van der Waals surface area contributed by atoms with Gasteiger partial charge in [0, 0.05) is 6.20 Å². The van der Waals surface area contributed by atoms with Crippen LogP contribution in [0, 0.1) is 10.1 Å². The maximum atomic E-state index is 12.7. The summed E-state index contributed by atoms with van der Waals surface area (Å²) in [5, 5.41) is 13.7. The molecule has 0 bridgehead atoms. The normalized spacial score (nSPS) is 15.3. The van der Waals surface area contributed by atoms with Crippen LogP contribution in [0.5, 0.6) is 5.88 Å². The number of anilines is 2. The highest BCUT2D eigenvalue weighted by atomic mass is 35.5. The summed E-state index contributed by atoms with van der Waals surface area (Å²) < 4.78 is 43.9. The molecule has 12 heteroatoms. The van der Waals surface area contributed by atoms with Gasteiger partial charge in [0.15, 0.2) is 5.82 Å². The molecule has 1 saturated carbocycles. The van der Waals surface area contributed by atoms with Crippen LogP contribution in [0.3, 0.4) is 0 Å². The summed E-state index contributed by atoms with van der Waals surface area (Å²) >= 11 is 5.84. The van der Waals surface area contributed by atoms with Crippen LogP contribution in [0.1, 0.15) is 37.7 Å². The second-order valence-corrected chi connectivity index (χ2v) is 6.60. The number of nitrogens with zero attached hydrogens (tertiary/aromatic N) is 4. The van der Waals surface area contributed by atoms with Crippen molar-refractivity contribution in [3.05, 3.63) is 39.3 Å². The van der Waals surface area contributed by atoms with Gasteiger partial charge in [0.25, 0.3) is 5.88 Å². The lowest BCUT2D eigenvalue weighted by Crippen LogP contribution is -2.21. The van der Waals surface area contributed by atoms with Gasteiger partial charge in [-0.05, 0) is 31.7 Å². The zero-order valence-corrected chi connectivity index (χ0v) is 15.1. The van der Waals surface area contributed by atoms with E-state index in [1.54, 1.807) is 0 Å². The molecule has 2 heterocycles. The highest BCUT2D eigenvalue weighted by molar-refractivity contribution is 6.33. The monoisotopic (exact) mass is 417 g/mol. The first kappa shape index (κ1) is 20.1. The third kappa shape index (κ3) is 4.58. The number of nitro groups is 1. The van der Waals surface area contributed by atoms with Crippen LogP contribution in [-0.2, 0) is 6.18 Å². The van der Waals surface area contributed by atoms with Crippen LogP contribution < -0.4 is 10.1 Å². The van der Waals surface area contributed by atoms with Crippen LogP contribution in [0.4, 0.5) is 30.5 Å². The van der Waals surface area contributed by atoms with Gasteiger partial charge in [-0.1, -0.05) is 18.0 Å². The molecule has 1 N–H and O–H groups in total.